The van der Waals surface area contributed by atoms with Crippen molar-refractivity contribution in [2.75, 3.05) is 18.8 Å². The number of hydrogen-bond acceptors (Lipinski definition) is 4. The van der Waals surface area contributed by atoms with Crippen molar-refractivity contribution in [3.63, 3.8) is 0 Å². The predicted molar refractivity (Wildman–Crippen MR) is 65.1 cm³/mol. The van der Waals surface area contributed by atoms with E-state index in [9.17, 15) is 0 Å². The zero-order valence-corrected chi connectivity index (χ0v) is 10.3. The van der Waals surface area contributed by atoms with Crippen molar-refractivity contribution >= 4 is 11.8 Å². The molecule has 0 atom stereocenters. The predicted octanol–water partition coefficient (Wildman–Crippen LogP) is 2.20. The monoisotopic (exact) mass is 225 g/mol. The van der Waals surface area contributed by atoms with Crippen LogP contribution in [0.2, 0.25) is 0 Å². The number of nitrogens with one attached hydrogen (secondary N) is 1. The van der Waals surface area contributed by atoms with Crippen molar-refractivity contribution < 1.29 is 0 Å². The molecule has 0 aromatic carbocycles. The lowest BCUT2D eigenvalue weighted by atomic mass is 10.2. The summed E-state index contributed by atoms with van der Waals surface area (Å²) in [5.74, 6) is 1.83. The summed E-state index contributed by atoms with van der Waals surface area (Å²) in [4.78, 5) is 8.23. The third kappa shape index (κ3) is 6.47. The van der Waals surface area contributed by atoms with Gasteiger partial charge < -0.3 is 5.32 Å². The number of thioether (sulfide) groups is 1. The summed E-state index contributed by atoms with van der Waals surface area (Å²) in [5.41, 5.74) is 0. The van der Waals surface area contributed by atoms with Gasteiger partial charge in [0.2, 0.25) is 0 Å². The van der Waals surface area contributed by atoms with E-state index in [4.69, 9.17) is 0 Å². The molecule has 1 rings (SSSR count). The average Bonchev–Trinajstić information content (AvgIpc) is 2.24. The van der Waals surface area contributed by atoms with Gasteiger partial charge in [0.05, 0.1) is 6.20 Å². The highest BCUT2D eigenvalue weighted by molar-refractivity contribution is 7.99. The Morgan fingerprint density at radius 2 is 2.27 bits per heavy atom. The molecule has 0 aliphatic rings. The van der Waals surface area contributed by atoms with Crippen LogP contribution in [0.3, 0.4) is 0 Å². The van der Waals surface area contributed by atoms with Crippen LogP contribution in [0, 0.1) is 5.92 Å². The van der Waals surface area contributed by atoms with Gasteiger partial charge in [-0.2, -0.15) is 0 Å². The van der Waals surface area contributed by atoms with E-state index in [2.05, 4.69) is 29.1 Å². The minimum absolute atomic E-state index is 0.734. The minimum Gasteiger partial charge on any atom is -0.316 e. The van der Waals surface area contributed by atoms with Gasteiger partial charge in [0, 0.05) is 18.1 Å². The maximum absolute atomic E-state index is 4.20. The second-order valence-corrected chi connectivity index (χ2v) is 4.96. The molecular weight excluding hydrogens is 206 g/mol. The maximum atomic E-state index is 4.20. The van der Waals surface area contributed by atoms with E-state index < -0.39 is 0 Å². The van der Waals surface area contributed by atoms with E-state index in [1.807, 2.05) is 6.20 Å². The second kappa shape index (κ2) is 7.65. The first-order valence-electron chi connectivity index (χ1n) is 5.38. The van der Waals surface area contributed by atoms with Gasteiger partial charge in [0.25, 0.3) is 0 Å². The van der Waals surface area contributed by atoms with Crippen LogP contribution < -0.4 is 5.32 Å². The molecule has 84 valence electrons. The van der Waals surface area contributed by atoms with E-state index in [0.29, 0.717) is 0 Å². The first-order chi connectivity index (χ1) is 7.29. The largest absolute Gasteiger partial charge is 0.316 e. The van der Waals surface area contributed by atoms with Crippen molar-refractivity contribution in [2.24, 2.45) is 5.92 Å². The van der Waals surface area contributed by atoms with E-state index in [-0.39, 0.29) is 0 Å². The quantitative estimate of drug-likeness (QED) is 0.570. The van der Waals surface area contributed by atoms with Gasteiger partial charge in [-0.1, -0.05) is 13.8 Å². The van der Waals surface area contributed by atoms with Crippen molar-refractivity contribution in [1.82, 2.24) is 15.3 Å². The Bertz CT molecular complexity index is 251. The zero-order valence-electron chi connectivity index (χ0n) is 9.44. The number of hydrogen-bond donors (Lipinski definition) is 1. The Morgan fingerprint density at radius 1 is 1.40 bits per heavy atom. The lowest BCUT2D eigenvalue weighted by Crippen LogP contribution is -2.21. The van der Waals surface area contributed by atoms with Crippen molar-refractivity contribution in [3.05, 3.63) is 18.6 Å². The summed E-state index contributed by atoms with van der Waals surface area (Å²) < 4.78 is 0. The molecule has 0 saturated heterocycles. The Hall–Kier alpha value is -0.610. The average molecular weight is 225 g/mol. The molecule has 3 nitrogen and oxygen atoms in total. The standard InChI is InChI=1S/C11H19N3S/c1-10(2)8-12-4-3-7-15-11-9-13-5-6-14-11/h5-6,9-10,12H,3-4,7-8H2,1-2H3. The lowest BCUT2D eigenvalue weighted by molar-refractivity contribution is 0.551. The highest BCUT2D eigenvalue weighted by atomic mass is 32.2. The Balaban J connectivity index is 1.98. The molecule has 0 bridgehead atoms. The van der Waals surface area contributed by atoms with E-state index in [1.54, 1.807) is 24.2 Å². The van der Waals surface area contributed by atoms with Gasteiger partial charge in [0.15, 0.2) is 0 Å². The molecule has 0 unspecified atom stereocenters. The third-order valence-corrected chi connectivity index (χ3v) is 2.84. The zero-order chi connectivity index (χ0) is 10.9. The second-order valence-electron chi connectivity index (χ2n) is 3.84. The smallest absolute Gasteiger partial charge is 0.114 e. The molecule has 0 fully saturated rings. The van der Waals surface area contributed by atoms with Crippen LogP contribution in [0.4, 0.5) is 0 Å². The van der Waals surface area contributed by atoms with Gasteiger partial charge in [-0.15, -0.1) is 11.8 Å². The molecule has 0 spiro atoms. The van der Waals surface area contributed by atoms with Crippen molar-refractivity contribution in [3.8, 4) is 0 Å². The lowest BCUT2D eigenvalue weighted by Gasteiger charge is -2.06. The fraction of sp³-hybridized carbons (Fsp3) is 0.636. The topological polar surface area (TPSA) is 37.8 Å². The summed E-state index contributed by atoms with van der Waals surface area (Å²) in [6, 6.07) is 0. The van der Waals surface area contributed by atoms with Gasteiger partial charge in [-0.25, -0.2) is 4.98 Å². The van der Waals surface area contributed by atoms with Gasteiger partial charge in [-0.3, -0.25) is 4.98 Å². The summed E-state index contributed by atoms with van der Waals surface area (Å²) >= 11 is 1.77. The molecule has 4 heteroatoms. The fourth-order valence-corrected chi connectivity index (χ4v) is 1.89. The molecule has 1 aromatic heterocycles. The normalized spacial score (nSPS) is 10.9. The highest BCUT2D eigenvalue weighted by Crippen LogP contribution is 2.13. The summed E-state index contributed by atoms with van der Waals surface area (Å²) in [7, 11) is 0. The summed E-state index contributed by atoms with van der Waals surface area (Å²) in [5, 5.41) is 4.44. The van der Waals surface area contributed by atoms with E-state index in [1.165, 1.54) is 6.42 Å². The Labute approximate surface area is 96.1 Å². The molecule has 0 amide bonds. The van der Waals surface area contributed by atoms with Crippen molar-refractivity contribution in [2.45, 2.75) is 25.3 Å². The number of aromatic nitrogens is 2. The molecule has 0 aliphatic carbocycles. The molecule has 1 N–H and O–H groups in total. The minimum atomic E-state index is 0.734. The number of rotatable bonds is 7. The van der Waals surface area contributed by atoms with Crippen LogP contribution in [0.1, 0.15) is 20.3 Å². The molecule has 15 heavy (non-hydrogen) atoms. The van der Waals surface area contributed by atoms with Gasteiger partial charge >= 0.3 is 0 Å². The molecular formula is C11H19N3S. The van der Waals surface area contributed by atoms with Gasteiger partial charge in [-0.05, 0) is 25.4 Å². The third-order valence-electron chi connectivity index (χ3n) is 1.84. The van der Waals surface area contributed by atoms with Gasteiger partial charge in [0.1, 0.15) is 5.03 Å². The maximum Gasteiger partial charge on any atom is 0.114 e. The molecule has 1 heterocycles. The fourth-order valence-electron chi connectivity index (χ4n) is 1.12. The van der Waals surface area contributed by atoms with Crippen LogP contribution in [0.5, 0.6) is 0 Å². The summed E-state index contributed by atoms with van der Waals surface area (Å²) in [6.07, 6.45) is 6.42. The highest BCUT2D eigenvalue weighted by Gasteiger charge is 1.95. The van der Waals surface area contributed by atoms with Crippen LogP contribution in [-0.4, -0.2) is 28.8 Å². The number of nitrogens with zero attached hydrogens (tertiary/aromatic N) is 2. The molecule has 0 radical (unpaired) electrons. The molecule has 0 aliphatic heterocycles. The van der Waals surface area contributed by atoms with E-state index >= 15 is 0 Å². The Kier molecular flexibility index (Phi) is 6.36. The first kappa shape index (κ1) is 12.5. The van der Waals surface area contributed by atoms with Crippen LogP contribution in [0.25, 0.3) is 0 Å². The van der Waals surface area contributed by atoms with Crippen LogP contribution in [-0.2, 0) is 0 Å². The van der Waals surface area contributed by atoms with E-state index in [0.717, 1.165) is 29.8 Å². The first-order valence-corrected chi connectivity index (χ1v) is 6.37. The van der Waals surface area contributed by atoms with Crippen LogP contribution in [0.15, 0.2) is 23.6 Å². The Morgan fingerprint density at radius 3 is 2.93 bits per heavy atom. The summed E-state index contributed by atoms with van der Waals surface area (Å²) in [6.45, 7) is 6.64. The van der Waals surface area contributed by atoms with Crippen molar-refractivity contribution in [1.29, 1.82) is 0 Å². The van der Waals surface area contributed by atoms with Crippen LogP contribution >= 0.6 is 11.8 Å². The molecule has 1 aromatic rings. The SMILES string of the molecule is CC(C)CNCCCSc1cnccn1. The molecule has 0 saturated carbocycles.